The number of hydrogen-bond donors (Lipinski definition) is 3. The fourth-order valence-corrected chi connectivity index (χ4v) is 8.10. The molecule has 266 valence electrons. The summed E-state index contributed by atoms with van der Waals surface area (Å²) in [7, 11) is -1.10. The van der Waals surface area contributed by atoms with Gasteiger partial charge in [0.1, 0.15) is 18.1 Å². The van der Waals surface area contributed by atoms with Crippen LogP contribution in [0.3, 0.4) is 0 Å². The molecule has 3 N–H and O–H groups in total. The second-order valence-electron chi connectivity index (χ2n) is 14.0. The first-order valence-corrected chi connectivity index (χ1v) is 18.0. The largest absolute Gasteiger partial charge is 0.507 e. The van der Waals surface area contributed by atoms with Crippen LogP contribution in [0.5, 0.6) is 11.5 Å². The van der Waals surface area contributed by atoms with Crippen LogP contribution in [0.4, 0.5) is 0 Å². The number of ether oxygens (including phenoxy) is 1. The van der Waals surface area contributed by atoms with E-state index < -0.39 is 31.0 Å². The average Bonchev–Trinajstić information content (AvgIpc) is 3.36. The zero-order chi connectivity index (χ0) is 36.1. The van der Waals surface area contributed by atoms with Crippen molar-refractivity contribution >= 4 is 36.6 Å². The van der Waals surface area contributed by atoms with E-state index in [1.54, 1.807) is 0 Å². The van der Waals surface area contributed by atoms with Gasteiger partial charge in [-0.1, -0.05) is 61.0 Å². The van der Waals surface area contributed by atoms with Gasteiger partial charge in [0.25, 0.3) is 0 Å². The van der Waals surface area contributed by atoms with Crippen LogP contribution in [-0.4, -0.2) is 64.3 Å². The van der Waals surface area contributed by atoms with E-state index in [1.165, 1.54) is 4.90 Å². The van der Waals surface area contributed by atoms with Gasteiger partial charge in [0.05, 0.1) is 17.9 Å². The normalized spacial score (nSPS) is 21.9. The number of carboxylic acid groups (broad SMARTS) is 1. The van der Waals surface area contributed by atoms with Crippen molar-refractivity contribution in [1.29, 1.82) is 0 Å². The summed E-state index contributed by atoms with van der Waals surface area (Å²) in [6.45, 7) is 4.26. The topological polar surface area (TPSA) is 134 Å². The summed E-state index contributed by atoms with van der Waals surface area (Å²) in [6.07, 6.45) is 5.04. The number of carbonyl (C=O) groups excluding carboxylic acids is 2. The highest BCUT2D eigenvalue weighted by Gasteiger charge is 2.57. The molecule has 0 bridgehead atoms. The number of carbonyl (C=O) groups is 3. The number of benzene rings is 3. The van der Waals surface area contributed by atoms with Crippen molar-refractivity contribution in [2.24, 2.45) is 17.8 Å². The first kappa shape index (κ1) is 36.1. The van der Waals surface area contributed by atoms with E-state index in [9.17, 15) is 24.5 Å². The summed E-state index contributed by atoms with van der Waals surface area (Å²) in [4.78, 5) is 40.2. The van der Waals surface area contributed by atoms with Crippen LogP contribution in [0.2, 0.25) is 6.32 Å². The van der Waals surface area contributed by atoms with Crippen molar-refractivity contribution in [3.63, 3.8) is 0 Å². The third-order valence-corrected chi connectivity index (χ3v) is 10.5. The van der Waals surface area contributed by atoms with Crippen LogP contribution in [-0.2, 0) is 19.0 Å². The zero-order valence-corrected chi connectivity index (χ0v) is 29.3. The number of aryl methyl sites for hydroxylation is 2. The molecular weight excluding hydrogens is 645 g/mol. The molecule has 2 saturated heterocycles. The van der Waals surface area contributed by atoms with Crippen LogP contribution in [0.15, 0.2) is 83.9 Å². The van der Waals surface area contributed by atoms with E-state index in [1.807, 2.05) is 74.5 Å². The lowest BCUT2D eigenvalue weighted by atomic mass is 9.58. The van der Waals surface area contributed by atoms with E-state index in [4.69, 9.17) is 14.5 Å². The van der Waals surface area contributed by atoms with Crippen molar-refractivity contribution in [2.75, 3.05) is 13.2 Å². The van der Waals surface area contributed by atoms with E-state index in [0.29, 0.717) is 44.3 Å². The zero-order valence-electron chi connectivity index (χ0n) is 29.3. The number of para-hydroxylation sites is 1. The van der Waals surface area contributed by atoms with Crippen molar-refractivity contribution in [3.8, 4) is 11.5 Å². The number of allylic oxidation sites excluding steroid dienone is 1. The van der Waals surface area contributed by atoms with Crippen molar-refractivity contribution in [2.45, 2.75) is 71.2 Å². The summed E-state index contributed by atoms with van der Waals surface area (Å²) in [5, 5.41) is 30.5. The number of phenolic OH excluding ortho intramolecular Hbond substituents is 1. The fourth-order valence-electron chi connectivity index (χ4n) is 8.10. The van der Waals surface area contributed by atoms with Crippen molar-refractivity contribution in [1.82, 2.24) is 4.90 Å². The Bertz CT molecular complexity index is 1780. The number of aliphatic carboxylic acids is 1. The monoisotopic (exact) mass is 691 g/mol. The maximum Gasteiger partial charge on any atom is 0.455 e. The molecule has 0 unspecified atom stereocenters. The van der Waals surface area contributed by atoms with Crippen LogP contribution < -0.4 is 4.74 Å². The second-order valence-corrected chi connectivity index (χ2v) is 14.0. The third kappa shape index (κ3) is 8.29. The number of rotatable bonds is 14. The number of aromatic hydroxyl groups is 1. The van der Waals surface area contributed by atoms with Gasteiger partial charge in [-0.3, -0.25) is 19.3 Å². The van der Waals surface area contributed by atoms with Gasteiger partial charge in [-0.25, -0.2) is 0 Å². The van der Waals surface area contributed by atoms with Gasteiger partial charge in [0, 0.05) is 13.0 Å². The summed E-state index contributed by atoms with van der Waals surface area (Å²) >= 11 is 0. The minimum Gasteiger partial charge on any atom is -0.507 e. The number of imide groups is 1. The molecule has 2 fully saturated rings. The van der Waals surface area contributed by atoms with E-state index in [0.717, 1.165) is 39.0 Å². The van der Waals surface area contributed by atoms with Gasteiger partial charge in [-0.15, -0.1) is 0 Å². The molecule has 51 heavy (non-hydrogen) atoms. The molecule has 2 amide bonds. The summed E-state index contributed by atoms with van der Waals surface area (Å²) < 4.78 is 12.6. The Balaban J connectivity index is 1.30. The SMILES string of the molecule is Cc1cc(/C=C(/CC[C@H]2OB(O)C[C@H]3C2=C(COc2ccccc2)C[C@H]2C(=O)N(CCCCCC(=O)O)C(=O)[C@H]23)c2ccccc2)cc(C)c1O. The molecule has 0 aromatic heterocycles. The number of amides is 2. The quantitative estimate of drug-likeness (QED) is 0.0550. The lowest BCUT2D eigenvalue weighted by Crippen LogP contribution is -2.46. The minimum absolute atomic E-state index is 0.0575. The molecule has 2 heterocycles. The standard InChI is InChI=1S/C41H46BNO8/c1-26-20-28(21-27(2)39(26)46)22-30(29-12-6-3-7-13-29)17-18-35-37-31(25-50-32-14-8-4-9-15-32)23-33-38(34(37)24-42(49)51-35)41(48)43(40(33)47)19-11-5-10-16-36(44)45/h3-4,6-9,12-15,20-22,33-35,38,46,49H,5,10-11,16-19,23-25H2,1-2H3,(H,44,45)/b30-22-/t33-,34+,35-,38-/m1/s1. The van der Waals surface area contributed by atoms with E-state index in [-0.39, 0.29) is 49.4 Å². The fraction of sp³-hybridized carbons (Fsp3) is 0.390. The molecule has 1 aliphatic carbocycles. The van der Waals surface area contributed by atoms with Crippen molar-refractivity contribution < 1.29 is 39.0 Å². The molecule has 0 saturated carbocycles. The first-order chi connectivity index (χ1) is 24.6. The van der Waals surface area contributed by atoms with Gasteiger partial charge in [-0.05, 0) is 121 Å². The number of carboxylic acids is 1. The van der Waals surface area contributed by atoms with Gasteiger partial charge >= 0.3 is 13.1 Å². The highest BCUT2D eigenvalue weighted by molar-refractivity contribution is 6.43. The number of fused-ring (bicyclic) bond motifs is 3. The Morgan fingerprint density at radius 1 is 0.941 bits per heavy atom. The van der Waals surface area contributed by atoms with E-state index >= 15 is 0 Å². The molecule has 0 radical (unpaired) electrons. The highest BCUT2D eigenvalue weighted by Crippen LogP contribution is 2.51. The lowest BCUT2D eigenvalue weighted by molar-refractivity contribution is -0.141. The Morgan fingerprint density at radius 3 is 2.31 bits per heavy atom. The summed E-state index contributed by atoms with van der Waals surface area (Å²) in [6, 6.07) is 23.5. The molecular formula is C41H46BNO8. The van der Waals surface area contributed by atoms with Crippen LogP contribution in [0.1, 0.15) is 67.2 Å². The summed E-state index contributed by atoms with van der Waals surface area (Å²) in [5.41, 5.74) is 6.56. The van der Waals surface area contributed by atoms with Gasteiger partial charge in [-0.2, -0.15) is 0 Å². The molecule has 6 rings (SSSR count). The third-order valence-electron chi connectivity index (χ3n) is 10.5. The van der Waals surface area contributed by atoms with Crippen LogP contribution in [0.25, 0.3) is 11.6 Å². The molecule has 3 aliphatic rings. The Hall–Kier alpha value is -4.67. The Kier molecular flexibility index (Phi) is 11.4. The predicted octanol–water partition coefficient (Wildman–Crippen LogP) is 6.85. The Morgan fingerprint density at radius 2 is 1.63 bits per heavy atom. The second kappa shape index (κ2) is 16.1. The van der Waals surface area contributed by atoms with Crippen molar-refractivity contribution in [3.05, 3.63) is 106 Å². The molecule has 3 aromatic carbocycles. The number of hydrogen-bond acceptors (Lipinski definition) is 7. The number of nitrogens with zero attached hydrogens (tertiary/aromatic N) is 1. The first-order valence-electron chi connectivity index (χ1n) is 18.0. The maximum absolute atomic E-state index is 14.0. The Labute approximate surface area is 299 Å². The van der Waals surface area contributed by atoms with Gasteiger partial charge in [0.2, 0.25) is 11.8 Å². The van der Waals surface area contributed by atoms with Crippen LogP contribution >= 0.6 is 0 Å². The predicted molar refractivity (Wildman–Crippen MR) is 196 cm³/mol. The number of likely N-dealkylation sites (tertiary alicyclic amines) is 1. The molecule has 2 aliphatic heterocycles. The van der Waals surface area contributed by atoms with Gasteiger partial charge in [0.15, 0.2) is 0 Å². The van der Waals surface area contributed by atoms with Crippen LogP contribution in [0, 0.1) is 31.6 Å². The molecule has 9 nitrogen and oxygen atoms in total. The molecule has 3 aromatic rings. The molecule has 4 atom stereocenters. The number of phenols is 1. The smallest absolute Gasteiger partial charge is 0.455 e. The average molecular weight is 692 g/mol. The minimum atomic E-state index is -1.10. The molecule has 0 spiro atoms. The maximum atomic E-state index is 14.0. The van der Waals surface area contributed by atoms with Gasteiger partial charge < -0.3 is 24.6 Å². The van der Waals surface area contributed by atoms with E-state index in [2.05, 4.69) is 18.2 Å². The summed E-state index contributed by atoms with van der Waals surface area (Å²) in [5.74, 6) is -1.83. The number of unbranched alkanes of at least 4 members (excludes halogenated alkanes) is 2. The molecule has 10 heteroatoms. The highest BCUT2D eigenvalue weighted by atomic mass is 16.5. The lowest BCUT2D eigenvalue weighted by Gasteiger charge is -2.43.